The second-order valence-electron chi connectivity index (χ2n) is 10.6. The number of methoxy groups -OCH3 is 1. The molecule has 0 radical (unpaired) electrons. The molecule has 5 N–H and O–H groups in total. The summed E-state index contributed by atoms with van der Waals surface area (Å²) in [5.74, 6) is -0.836. The van der Waals surface area contributed by atoms with Crippen LogP contribution in [0.25, 0.3) is 22.3 Å². The van der Waals surface area contributed by atoms with Gasteiger partial charge >= 0.3 is 15.6 Å². The van der Waals surface area contributed by atoms with Gasteiger partial charge in [0.25, 0.3) is 5.56 Å². The maximum Gasteiger partial charge on any atom is 0.472 e. The molecule has 7 rings (SSSR count). The van der Waals surface area contributed by atoms with Crippen LogP contribution in [0.5, 0.6) is 0 Å². The van der Waals surface area contributed by atoms with E-state index >= 15 is 4.39 Å². The zero-order valence-corrected chi connectivity index (χ0v) is 24.9. The van der Waals surface area contributed by atoms with E-state index in [0.717, 1.165) is 6.33 Å². The number of rotatable bonds is 3. The maximum atomic E-state index is 15.9. The third kappa shape index (κ3) is 5.38. The van der Waals surface area contributed by atoms with Gasteiger partial charge < -0.3 is 34.5 Å². The van der Waals surface area contributed by atoms with Crippen LogP contribution in [0.15, 0.2) is 30.1 Å². The van der Waals surface area contributed by atoms with Gasteiger partial charge in [0.05, 0.1) is 38.2 Å². The second kappa shape index (κ2) is 11.2. The number of phosphoric ester groups is 2. The molecule has 3 aliphatic rings. The van der Waals surface area contributed by atoms with Crippen LogP contribution in [0.3, 0.4) is 0 Å². The molecule has 1 aliphatic carbocycles. The standard InChI is InChI=1S/C22H26FN9O11P2/c1-38-16-10(31-7-30-14-20(31)27-6-28-21(14)33)2-9-3-39-44(34,35)43-17-11(4-40-45(36,37)42-15(9)16)41-22(12(17)23)32-8-29-13-18(24)25-5-26-19(13)32/h5-12,15-17,22H,2-4H2,1H3,(H,34,35)(H,36,37)(H2,24,25,26)(H,27,28,33)/t9-,10-,11-,12+,15+,16-,17+,22-/m1/s1. The van der Waals surface area contributed by atoms with Crippen LogP contribution in [0.4, 0.5) is 10.2 Å². The van der Waals surface area contributed by atoms with Crippen LogP contribution in [-0.2, 0) is 36.7 Å². The quantitative estimate of drug-likeness (QED) is 0.214. The Balaban J connectivity index is 1.18. The molecule has 2 unspecified atom stereocenters. The molecule has 0 amide bonds. The van der Waals surface area contributed by atoms with Crippen molar-refractivity contribution in [2.24, 2.45) is 5.92 Å². The van der Waals surface area contributed by atoms with E-state index < -0.39 is 83.2 Å². The topological polar surface area (TPSA) is 263 Å². The summed E-state index contributed by atoms with van der Waals surface area (Å²) in [6.07, 6.45) is -4.20. The third-order valence-electron chi connectivity index (χ3n) is 8.00. The Morgan fingerprint density at radius 3 is 2.47 bits per heavy atom. The number of hydrogen-bond acceptors (Lipinski definition) is 15. The number of aromatic amines is 1. The monoisotopic (exact) mass is 673 g/mol. The van der Waals surface area contributed by atoms with Gasteiger partial charge in [0.1, 0.15) is 36.3 Å². The minimum atomic E-state index is -4.99. The second-order valence-corrected chi connectivity index (χ2v) is 13.4. The molecule has 2 saturated heterocycles. The zero-order valence-electron chi connectivity index (χ0n) is 23.1. The lowest BCUT2D eigenvalue weighted by Gasteiger charge is -2.29. The molecule has 10 atom stereocenters. The maximum absolute atomic E-state index is 15.9. The molecule has 3 fully saturated rings. The zero-order chi connectivity index (χ0) is 31.7. The lowest BCUT2D eigenvalue weighted by molar-refractivity contribution is -0.0636. The minimum absolute atomic E-state index is 0.0261. The lowest BCUT2D eigenvalue weighted by Crippen LogP contribution is -2.37. The smallest absolute Gasteiger partial charge is 0.382 e. The van der Waals surface area contributed by atoms with Crippen molar-refractivity contribution in [2.45, 2.75) is 49.3 Å². The van der Waals surface area contributed by atoms with E-state index in [1.165, 1.54) is 35.2 Å². The lowest BCUT2D eigenvalue weighted by atomic mass is 10.1. The number of nitrogens with one attached hydrogen (secondary N) is 1. The highest BCUT2D eigenvalue weighted by Crippen LogP contribution is 2.55. The number of imidazole rings is 2. The molecule has 23 heteroatoms. The van der Waals surface area contributed by atoms with Crippen molar-refractivity contribution >= 4 is 43.8 Å². The molecule has 242 valence electrons. The first-order valence-corrected chi connectivity index (χ1v) is 16.4. The predicted molar refractivity (Wildman–Crippen MR) is 146 cm³/mol. The van der Waals surface area contributed by atoms with Gasteiger partial charge in [0.15, 0.2) is 35.0 Å². The van der Waals surface area contributed by atoms with Crippen molar-refractivity contribution < 1.29 is 50.9 Å². The Hall–Kier alpha value is -3.23. The van der Waals surface area contributed by atoms with Crippen LogP contribution in [-0.4, -0.2) is 99.7 Å². The molecule has 0 aromatic carbocycles. The number of nitrogens with two attached hydrogens (primary N) is 1. The summed E-state index contributed by atoms with van der Waals surface area (Å²) in [5, 5.41) is 0. The fourth-order valence-electron chi connectivity index (χ4n) is 6.00. The predicted octanol–water partition coefficient (Wildman–Crippen LogP) is 0.371. The number of aromatic nitrogens is 8. The molecule has 20 nitrogen and oxygen atoms in total. The summed E-state index contributed by atoms with van der Waals surface area (Å²) in [5.41, 5.74) is 5.85. The number of phosphoric acid groups is 2. The number of anilines is 1. The van der Waals surface area contributed by atoms with Gasteiger partial charge in [-0.15, -0.1) is 0 Å². The molecule has 4 aromatic rings. The largest absolute Gasteiger partial charge is 0.472 e. The molecule has 0 spiro atoms. The first-order chi connectivity index (χ1) is 21.5. The number of fused-ring (bicyclic) bond motifs is 4. The van der Waals surface area contributed by atoms with Crippen molar-refractivity contribution in [2.75, 3.05) is 26.1 Å². The number of nitrogens with zero attached hydrogens (tertiary/aromatic N) is 7. The van der Waals surface area contributed by atoms with Crippen LogP contribution >= 0.6 is 15.6 Å². The first kappa shape index (κ1) is 30.4. The fourth-order valence-corrected chi connectivity index (χ4v) is 8.00. The average Bonchev–Trinajstić information content (AvgIpc) is 3.75. The molecular formula is C22H26FN9O11P2. The Morgan fingerprint density at radius 1 is 1.00 bits per heavy atom. The summed E-state index contributed by atoms with van der Waals surface area (Å²) in [7, 11) is -8.58. The van der Waals surface area contributed by atoms with E-state index in [0.29, 0.717) is 0 Å². The molecule has 0 bridgehead atoms. The van der Waals surface area contributed by atoms with Gasteiger partial charge in [0.2, 0.25) is 0 Å². The summed E-state index contributed by atoms with van der Waals surface area (Å²) < 4.78 is 77.8. The minimum Gasteiger partial charge on any atom is -0.382 e. The van der Waals surface area contributed by atoms with Gasteiger partial charge in [-0.2, -0.15) is 0 Å². The molecule has 6 heterocycles. The van der Waals surface area contributed by atoms with E-state index in [2.05, 4.69) is 29.9 Å². The van der Waals surface area contributed by atoms with Crippen molar-refractivity contribution in [3.8, 4) is 0 Å². The van der Waals surface area contributed by atoms with E-state index in [1.807, 2.05) is 0 Å². The van der Waals surface area contributed by atoms with Crippen LogP contribution in [0, 0.1) is 5.92 Å². The summed E-state index contributed by atoms with van der Waals surface area (Å²) in [6.45, 7) is -1.34. The normalized spacial score (nSPS) is 37.7. The number of H-pyrrole nitrogens is 1. The molecule has 4 aromatic heterocycles. The van der Waals surface area contributed by atoms with Crippen molar-refractivity contribution in [1.82, 2.24) is 39.0 Å². The number of nitrogen functional groups attached to an aromatic ring is 1. The number of halogens is 1. The molecular weight excluding hydrogens is 647 g/mol. The van der Waals surface area contributed by atoms with Gasteiger partial charge in [-0.1, -0.05) is 0 Å². The van der Waals surface area contributed by atoms with E-state index in [9.17, 15) is 23.7 Å². The van der Waals surface area contributed by atoms with Gasteiger partial charge in [-0.05, 0) is 6.42 Å². The molecule has 1 saturated carbocycles. The Labute approximate surface area is 250 Å². The van der Waals surface area contributed by atoms with Crippen LogP contribution < -0.4 is 11.3 Å². The van der Waals surface area contributed by atoms with Gasteiger partial charge in [-0.25, -0.2) is 38.4 Å². The third-order valence-corrected chi connectivity index (χ3v) is 9.97. The fraction of sp³-hybridized carbons (Fsp3) is 0.545. The van der Waals surface area contributed by atoms with Crippen molar-refractivity contribution in [3.63, 3.8) is 0 Å². The average molecular weight is 673 g/mol. The number of hydrogen-bond donors (Lipinski definition) is 4. The van der Waals surface area contributed by atoms with Gasteiger partial charge in [0, 0.05) is 13.0 Å². The molecule has 2 aliphatic heterocycles. The molecule has 45 heavy (non-hydrogen) atoms. The highest BCUT2D eigenvalue weighted by atomic mass is 31.2. The summed E-state index contributed by atoms with van der Waals surface area (Å²) in [4.78, 5) is 56.3. The van der Waals surface area contributed by atoms with E-state index in [4.69, 9.17) is 33.3 Å². The van der Waals surface area contributed by atoms with Crippen LogP contribution in [0.1, 0.15) is 18.7 Å². The number of alkyl halides is 1. The highest BCUT2D eigenvalue weighted by molar-refractivity contribution is 7.47. The van der Waals surface area contributed by atoms with Crippen molar-refractivity contribution in [1.29, 1.82) is 0 Å². The Kier molecular flexibility index (Phi) is 7.59. The van der Waals surface area contributed by atoms with Crippen LogP contribution in [0.2, 0.25) is 0 Å². The van der Waals surface area contributed by atoms with Crippen molar-refractivity contribution in [3.05, 3.63) is 35.7 Å². The Bertz CT molecular complexity index is 1910. The Morgan fingerprint density at radius 2 is 1.69 bits per heavy atom. The first-order valence-electron chi connectivity index (χ1n) is 13.4. The number of ether oxygens (including phenoxy) is 2. The highest BCUT2D eigenvalue weighted by Gasteiger charge is 2.54. The summed E-state index contributed by atoms with van der Waals surface area (Å²) >= 11 is 0. The SMILES string of the molecule is CO[C@H]1[C@H]2OP(=O)(O)OC[C@H]3O[C@@H](n4cnc5c(N)ncnc54)[C@@H](F)[C@H]3OP(=O)(O)OC[C@H]2C[C@H]1n1cnc2c(=O)[nH]cnc21. The van der Waals surface area contributed by atoms with Gasteiger partial charge in [-0.3, -0.25) is 27.5 Å². The van der Waals surface area contributed by atoms with E-state index in [1.54, 1.807) is 0 Å². The van der Waals surface area contributed by atoms with E-state index in [-0.39, 0.29) is 34.6 Å². The summed E-state index contributed by atoms with van der Waals surface area (Å²) in [6, 6.07) is -0.682.